The number of piperidine rings is 1. The molecule has 0 radical (unpaired) electrons. The van der Waals surface area contributed by atoms with E-state index in [1.165, 1.54) is 27.1 Å². The molecule has 1 aromatic rings. The van der Waals surface area contributed by atoms with Crippen LogP contribution in [0, 0.1) is 12.8 Å². The lowest BCUT2D eigenvalue weighted by molar-refractivity contribution is 0.0885. The number of aryl methyl sites for hydroxylation is 1. The van der Waals surface area contributed by atoms with Crippen molar-refractivity contribution in [3.63, 3.8) is 0 Å². The lowest BCUT2D eigenvalue weighted by Crippen LogP contribution is -2.50. The van der Waals surface area contributed by atoms with Gasteiger partial charge in [0, 0.05) is 32.7 Å². The third-order valence-electron chi connectivity index (χ3n) is 4.00. The van der Waals surface area contributed by atoms with Gasteiger partial charge in [-0.15, -0.1) is 0 Å². The van der Waals surface area contributed by atoms with Gasteiger partial charge in [0.2, 0.25) is 10.0 Å². The van der Waals surface area contributed by atoms with Crippen molar-refractivity contribution in [3.05, 3.63) is 17.6 Å². The van der Waals surface area contributed by atoms with E-state index in [1.54, 1.807) is 0 Å². The Balaban J connectivity index is 2.18. The summed E-state index contributed by atoms with van der Waals surface area (Å²) in [6.07, 6.45) is 0.988. The predicted octanol–water partition coefficient (Wildman–Crippen LogP) is 0.566. The van der Waals surface area contributed by atoms with Gasteiger partial charge < -0.3 is 15.1 Å². The van der Waals surface area contributed by atoms with Crippen molar-refractivity contribution in [3.8, 4) is 0 Å². The summed E-state index contributed by atoms with van der Waals surface area (Å²) in [5, 5.41) is 6.13. The van der Waals surface area contributed by atoms with Crippen molar-refractivity contribution in [2.24, 2.45) is 5.92 Å². The Morgan fingerprint density at radius 2 is 2.14 bits per heavy atom. The van der Waals surface area contributed by atoms with Crippen LogP contribution < -0.4 is 10.6 Å². The minimum atomic E-state index is -3.62. The number of sulfonamides is 1. The Labute approximate surface area is 131 Å². The number of carbonyl (C=O) groups excluding carboxylic acids is 1. The van der Waals surface area contributed by atoms with Crippen LogP contribution in [0.1, 0.15) is 29.7 Å². The van der Waals surface area contributed by atoms with Crippen LogP contribution in [0.5, 0.6) is 0 Å². The van der Waals surface area contributed by atoms with Crippen molar-refractivity contribution in [1.29, 1.82) is 0 Å². The molecule has 0 aromatic carbocycles. The Morgan fingerprint density at radius 3 is 2.73 bits per heavy atom. The highest BCUT2D eigenvalue weighted by Gasteiger charge is 2.28. The number of nitrogens with one attached hydrogen (secondary N) is 2. The Hall–Kier alpha value is -1.38. The number of furan rings is 1. The minimum Gasteiger partial charge on any atom is -0.455 e. The van der Waals surface area contributed by atoms with Gasteiger partial charge in [-0.2, -0.15) is 0 Å². The second-order valence-electron chi connectivity index (χ2n) is 5.87. The minimum absolute atomic E-state index is 0.0144. The lowest BCUT2D eigenvalue weighted by atomic mass is 9.95. The van der Waals surface area contributed by atoms with Gasteiger partial charge in [-0.05, 0) is 25.8 Å². The normalized spacial score (nSPS) is 22.8. The van der Waals surface area contributed by atoms with Crippen LogP contribution in [-0.2, 0) is 10.0 Å². The van der Waals surface area contributed by atoms with E-state index < -0.39 is 10.0 Å². The fraction of sp³-hybridized carbons (Fsp3) is 0.643. The van der Waals surface area contributed by atoms with Crippen LogP contribution in [0.4, 0.5) is 0 Å². The van der Waals surface area contributed by atoms with Gasteiger partial charge >= 0.3 is 0 Å². The summed E-state index contributed by atoms with van der Waals surface area (Å²) in [7, 11) is -0.734. The van der Waals surface area contributed by atoms with E-state index in [9.17, 15) is 13.2 Å². The number of carbonyl (C=O) groups is 1. The Morgan fingerprint density at radius 1 is 1.45 bits per heavy atom. The van der Waals surface area contributed by atoms with E-state index in [1.807, 2.05) is 0 Å². The van der Waals surface area contributed by atoms with Gasteiger partial charge in [-0.25, -0.2) is 12.7 Å². The zero-order chi connectivity index (χ0) is 16.5. The molecule has 1 aliphatic heterocycles. The van der Waals surface area contributed by atoms with E-state index in [2.05, 4.69) is 17.6 Å². The van der Waals surface area contributed by atoms with Crippen LogP contribution in [-0.4, -0.2) is 51.9 Å². The quantitative estimate of drug-likeness (QED) is 0.842. The highest BCUT2D eigenvalue weighted by molar-refractivity contribution is 7.89. The molecule has 7 nitrogen and oxygen atoms in total. The molecule has 1 fully saturated rings. The van der Waals surface area contributed by atoms with Crippen molar-refractivity contribution in [1.82, 2.24) is 14.9 Å². The standard InChI is InChI=1S/C14H23N3O4S/c1-9-5-6-15-8-11(9)16-14(18)12-7-13(10(2)21-12)22(19,20)17(3)4/h7,9,11,15H,5-6,8H2,1-4H3,(H,16,18). The van der Waals surface area contributed by atoms with Crippen molar-refractivity contribution < 1.29 is 17.6 Å². The van der Waals surface area contributed by atoms with Crippen molar-refractivity contribution >= 4 is 15.9 Å². The Bertz CT molecular complexity index is 651. The molecule has 124 valence electrons. The molecule has 0 aliphatic carbocycles. The zero-order valence-corrected chi connectivity index (χ0v) is 14.2. The first-order valence-corrected chi connectivity index (χ1v) is 8.72. The number of hydrogen-bond acceptors (Lipinski definition) is 5. The maximum atomic E-state index is 12.3. The molecule has 1 saturated heterocycles. The molecule has 0 saturated carbocycles. The molecule has 2 heterocycles. The van der Waals surface area contributed by atoms with Crippen LogP contribution in [0.25, 0.3) is 0 Å². The maximum absolute atomic E-state index is 12.3. The van der Waals surface area contributed by atoms with E-state index in [-0.39, 0.29) is 28.4 Å². The van der Waals surface area contributed by atoms with Crippen molar-refractivity contribution in [2.75, 3.05) is 27.2 Å². The zero-order valence-electron chi connectivity index (χ0n) is 13.3. The number of nitrogens with zero attached hydrogens (tertiary/aromatic N) is 1. The fourth-order valence-electron chi connectivity index (χ4n) is 2.45. The summed E-state index contributed by atoms with van der Waals surface area (Å²) in [5.41, 5.74) is 0. The van der Waals surface area contributed by atoms with Gasteiger partial charge in [-0.3, -0.25) is 4.79 Å². The summed E-state index contributed by atoms with van der Waals surface area (Å²) in [4.78, 5) is 12.3. The molecule has 0 spiro atoms. The summed E-state index contributed by atoms with van der Waals surface area (Å²) in [6, 6.07) is 1.31. The predicted molar refractivity (Wildman–Crippen MR) is 82.2 cm³/mol. The molecule has 0 bridgehead atoms. The summed E-state index contributed by atoms with van der Waals surface area (Å²) < 4.78 is 30.8. The molecular formula is C14H23N3O4S. The molecule has 1 aromatic heterocycles. The molecule has 1 amide bonds. The third-order valence-corrected chi connectivity index (χ3v) is 5.92. The highest BCUT2D eigenvalue weighted by Crippen LogP contribution is 2.22. The first-order chi connectivity index (χ1) is 10.2. The maximum Gasteiger partial charge on any atom is 0.287 e. The van der Waals surface area contributed by atoms with Crippen LogP contribution in [0.2, 0.25) is 0 Å². The lowest BCUT2D eigenvalue weighted by Gasteiger charge is -2.29. The van der Waals surface area contributed by atoms with Gasteiger partial charge in [0.15, 0.2) is 5.76 Å². The van der Waals surface area contributed by atoms with E-state index in [4.69, 9.17) is 4.42 Å². The number of hydrogen-bond donors (Lipinski definition) is 2. The van der Waals surface area contributed by atoms with Gasteiger partial charge in [0.1, 0.15) is 10.7 Å². The topological polar surface area (TPSA) is 91.6 Å². The molecule has 8 heteroatoms. The smallest absolute Gasteiger partial charge is 0.287 e. The fourth-order valence-corrected chi connectivity index (χ4v) is 3.51. The second-order valence-corrected chi connectivity index (χ2v) is 7.99. The van der Waals surface area contributed by atoms with E-state index in [0.29, 0.717) is 12.5 Å². The largest absolute Gasteiger partial charge is 0.455 e. The highest BCUT2D eigenvalue weighted by atomic mass is 32.2. The first-order valence-electron chi connectivity index (χ1n) is 7.28. The average molecular weight is 329 g/mol. The number of rotatable bonds is 4. The van der Waals surface area contributed by atoms with Crippen LogP contribution in [0.15, 0.2) is 15.4 Å². The molecule has 2 rings (SSSR count). The van der Waals surface area contributed by atoms with Crippen molar-refractivity contribution in [2.45, 2.75) is 31.2 Å². The van der Waals surface area contributed by atoms with Gasteiger partial charge in [-0.1, -0.05) is 6.92 Å². The first kappa shape index (κ1) is 17.0. The van der Waals surface area contributed by atoms with Gasteiger partial charge in [0.05, 0.1) is 0 Å². The monoisotopic (exact) mass is 329 g/mol. The summed E-state index contributed by atoms with van der Waals surface area (Å²) in [5.74, 6) is 0.222. The molecule has 2 N–H and O–H groups in total. The van der Waals surface area contributed by atoms with Crippen LogP contribution >= 0.6 is 0 Å². The van der Waals surface area contributed by atoms with E-state index >= 15 is 0 Å². The average Bonchev–Trinajstić information content (AvgIpc) is 2.84. The SMILES string of the molecule is Cc1oc(C(=O)NC2CNCCC2C)cc1S(=O)(=O)N(C)C. The molecule has 2 atom stereocenters. The Kier molecular flexibility index (Phi) is 4.93. The van der Waals surface area contributed by atoms with Crippen LogP contribution in [0.3, 0.4) is 0 Å². The third kappa shape index (κ3) is 3.34. The van der Waals surface area contributed by atoms with Gasteiger partial charge in [0.25, 0.3) is 5.91 Å². The molecule has 1 aliphatic rings. The molecule has 22 heavy (non-hydrogen) atoms. The molecule has 2 unspecified atom stereocenters. The van der Waals surface area contributed by atoms with E-state index in [0.717, 1.165) is 17.3 Å². The molecular weight excluding hydrogens is 306 g/mol. The number of amides is 1. The second kappa shape index (κ2) is 6.39. The summed E-state index contributed by atoms with van der Waals surface area (Å²) >= 11 is 0. The summed E-state index contributed by atoms with van der Waals surface area (Å²) in [6.45, 7) is 5.27.